The Morgan fingerprint density at radius 1 is 1.25 bits per heavy atom. The van der Waals surface area contributed by atoms with E-state index in [-0.39, 0.29) is 18.8 Å². The van der Waals surface area contributed by atoms with E-state index in [4.69, 9.17) is 0 Å². The van der Waals surface area contributed by atoms with Crippen LogP contribution < -0.4 is 5.32 Å². The molecule has 0 saturated carbocycles. The number of unbranched alkanes of at least 4 members (excludes halogenated alkanes) is 1. The molecule has 194 valence electrons. The van der Waals surface area contributed by atoms with E-state index >= 15 is 0 Å². The van der Waals surface area contributed by atoms with Crippen molar-refractivity contribution < 1.29 is 24.3 Å². The summed E-state index contributed by atoms with van der Waals surface area (Å²) in [7, 11) is 0. The van der Waals surface area contributed by atoms with E-state index in [1.54, 1.807) is 6.92 Å². The number of hydrogen-bond donors (Lipinski definition) is 3. The molecule has 11 nitrogen and oxygen atoms in total. The minimum atomic E-state index is -1.37. The average Bonchev–Trinajstić information content (AvgIpc) is 3.48. The van der Waals surface area contributed by atoms with Crippen molar-refractivity contribution in [2.45, 2.75) is 71.6 Å². The number of carboxylic acid groups (broad SMARTS) is 1. The summed E-state index contributed by atoms with van der Waals surface area (Å²) in [6, 6.07) is 7.50. The van der Waals surface area contributed by atoms with Gasteiger partial charge in [0.1, 0.15) is 18.5 Å². The van der Waals surface area contributed by atoms with Crippen molar-refractivity contribution >= 4 is 23.7 Å². The smallest absolute Gasteiger partial charge is 0.409 e. The molecular formula is C25H34N6O5. The van der Waals surface area contributed by atoms with E-state index in [1.807, 2.05) is 51.1 Å². The molecular weight excluding hydrogens is 464 g/mol. The fraction of sp³-hybridized carbons (Fsp3) is 0.520. The van der Waals surface area contributed by atoms with Crippen molar-refractivity contribution in [3.05, 3.63) is 48.0 Å². The molecule has 1 aliphatic heterocycles. The molecule has 1 aromatic carbocycles. The molecule has 2 aromatic rings. The van der Waals surface area contributed by atoms with Crippen LogP contribution in [0.1, 0.15) is 75.6 Å². The van der Waals surface area contributed by atoms with Crippen LogP contribution in [-0.2, 0) is 9.59 Å². The number of aromatic nitrogens is 3. The first-order chi connectivity index (χ1) is 17.1. The van der Waals surface area contributed by atoms with Gasteiger partial charge in [-0.25, -0.2) is 9.78 Å². The standard InChI is InChI=1S/C25H34N6O5/c1-5-6-12-18(20(32)22(33)28-16(2)17-10-8-7-9-11-17)31(24(35)36)19-13-25(3,4)14-30(19)23(34)21-26-15-27-29-21/h7-11,15-16,18-19H,5-6,12-14H2,1-4H3,(H,28,33)(H,35,36)(H,26,27,29)/t16-,18?,19?/m1/s1. The third kappa shape index (κ3) is 6.07. The van der Waals surface area contributed by atoms with E-state index in [0.29, 0.717) is 19.3 Å². The molecule has 3 amide bonds. The predicted molar refractivity (Wildman–Crippen MR) is 131 cm³/mol. The fourth-order valence-electron chi connectivity index (χ4n) is 4.64. The van der Waals surface area contributed by atoms with Crippen LogP contribution >= 0.6 is 0 Å². The van der Waals surface area contributed by atoms with Gasteiger partial charge in [0.25, 0.3) is 11.8 Å². The lowest BCUT2D eigenvalue weighted by Crippen LogP contribution is -2.58. The number of hydrogen-bond acceptors (Lipinski definition) is 6. The number of likely N-dealkylation sites (tertiary alicyclic amines) is 1. The third-order valence-corrected chi connectivity index (χ3v) is 6.45. The quantitative estimate of drug-likeness (QED) is 0.426. The van der Waals surface area contributed by atoms with Crippen molar-refractivity contribution in [1.29, 1.82) is 0 Å². The maximum Gasteiger partial charge on any atom is 0.409 e. The zero-order valence-corrected chi connectivity index (χ0v) is 21.1. The van der Waals surface area contributed by atoms with Crippen LogP contribution in [-0.4, -0.2) is 72.5 Å². The maximum absolute atomic E-state index is 13.4. The average molecular weight is 499 g/mol. The molecule has 11 heteroatoms. The van der Waals surface area contributed by atoms with Crippen molar-refractivity contribution in [1.82, 2.24) is 30.3 Å². The van der Waals surface area contributed by atoms with Crippen LogP contribution in [0, 0.1) is 5.41 Å². The van der Waals surface area contributed by atoms with Gasteiger partial charge in [-0.15, -0.1) is 0 Å². The second-order valence-corrected chi connectivity index (χ2v) is 9.93. The molecule has 3 rings (SSSR count). The van der Waals surface area contributed by atoms with E-state index in [0.717, 1.165) is 10.5 Å². The van der Waals surface area contributed by atoms with Crippen LogP contribution in [0.2, 0.25) is 0 Å². The van der Waals surface area contributed by atoms with Crippen LogP contribution in [0.5, 0.6) is 0 Å². The summed E-state index contributed by atoms with van der Waals surface area (Å²) < 4.78 is 0. The molecule has 1 aromatic heterocycles. The second kappa shape index (κ2) is 11.3. The summed E-state index contributed by atoms with van der Waals surface area (Å²) in [5, 5.41) is 19.2. The summed E-state index contributed by atoms with van der Waals surface area (Å²) in [6.45, 7) is 7.78. The first kappa shape index (κ1) is 26.8. The summed E-state index contributed by atoms with van der Waals surface area (Å²) in [6.07, 6.45) is 0.591. The molecule has 0 aliphatic carbocycles. The Balaban J connectivity index is 1.90. The highest BCUT2D eigenvalue weighted by Crippen LogP contribution is 2.37. The Kier molecular flexibility index (Phi) is 8.44. The summed E-state index contributed by atoms with van der Waals surface area (Å²) in [5.74, 6) is -2.23. The van der Waals surface area contributed by atoms with Crippen LogP contribution in [0.3, 0.4) is 0 Å². The number of nitrogens with zero attached hydrogens (tertiary/aromatic N) is 4. The fourth-order valence-corrected chi connectivity index (χ4v) is 4.64. The molecule has 2 heterocycles. The number of rotatable bonds is 10. The number of Topliss-reactive ketones (excluding diaryl/α,β-unsaturated/α-hetero) is 1. The van der Waals surface area contributed by atoms with Crippen molar-refractivity contribution in [3.63, 3.8) is 0 Å². The largest absolute Gasteiger partial charge is 0.465 e. The number of carbonyl (C=O) groups is 4. The van der Waals surface area contributed by atoms with Crippen LogP contribution in [0.15, 0.2) is 36.7 Å². The van der Waals surface area contributed by atoms with Gasteiger partial charge < -0.3 is 15.3 Å². The van der Waals surface area contributed by atoms with Crippen molar-refractivity contribution in [2.75, 3.05) is 6.54 Å². The molecule has 36 heavy (non-hydrogen) atoms. The SMILES string of the molecule is CCCCC(C(=O)C(=O)N[C@H](C)c1ccccc1)N(C(=O)O)C1CC(C)(C)CN1C(=O)c1ncn[nH]1. The van der Waals surface area contributed by atoms with E-state index in [2.05, 4.69) is 20.5 Å². The maximum atomic E-state index is 13.4. The molecule has 0 radical (unpaired) electrons. The van der Waals surface area contributed by atoms with Gasteiger partial charge in [-0.2, -0.15) is 5.10 Å². The number of H-pyrrole nitrogens is 1. The third-order valence-electron chi connectivity index (χ3n) is 6.45. The zero-order chi connectivity index (χ0) is 26.5. The zero-order valence-electron chi connectivity index (χ0n) is 21.1. The second-order valence-electron chi connectivity index (χ2n) is 9.93. The summed E-state index contributed by atoms with van der Waals surface area (Å²) in [5.41, 5.74) is 0.399. The van der Waals surface area contributed by atoms with Crippen molar-refractivity contribution in [2.24, 2.45) is 5.41 Å². The monoisotopic (exact) mass is 498 g/mol. The lowest BCUT2D eigenvalue weighted by molar-refractivity contribution is -0.142. The number of nitrogens with one attached hydrogen (secondary N) is 2. The van der Waals surface area contributed by atoms with Crippen LogP contribution in [0.4, 0.5) is 4.79 Å². The highest BCUT2D eigenvalue weighted by molar-refractivity contribution is 6.38. The van der Waals surface area contributed by atoms with Gasteiger partial charge in [-0.1, -0.05) is 63.9 Å². The van der Waals surface area contributed by atoms with Gasteiger partial charge in [-0.3, -0.25) is 24.4 Å². The Labute approximate surface area is 210 Å². The minimum absolute atomic E-state index is 0.0195. The van der Waals surface area contributed by atoms with Gasteiger partial charge in [0.05, 0.1) is 6.04 Å². The molecule has 3 atom stereocenters. The summed E-state index contributed by atoms with van der Waals surface area (Å²) in [4.78, 5) is 58.5. The summed E-state index contributed by atoms with van der Waals surface area (Å²) >= 11 is 0. The number of benzene rings is 1. The minimum Gasteiger partial charge on any atom is -0.465 e. The van der Waals surface area contributed by atoms with E-state index < -0.39 is 47.4 Å². The van der Waals surface area contributed by atoms with Gasteiger partial charge in [0, 0.05) is 6.54 Å². The first-order valence-electron chi connectivity index (χ1n) is 12.1. The van der Waals surface area contributed by atoms with Gasteiger partial charge in [-0.05, 0) is 30.7 Å². The lowest BCUT2D eigenvalue weighted by Gasteiger charge is -2.37. The highest BCUT2D eigenvalue weighted by atomic mass is 16.4. The number of aromatic amines is 1. The highest BCUT2D eigenvalue weighted by Gasteiger charge is 2.49. The Bertz CT molecular complexity index is 1070. The van der Waals surface area contributed by atoms with Gasteiger partial charge >= 0.3 is 6.09 Å². The lowest BCUT2D eigenvalue weighted by atomic mass is 9.91. The predicted octanol–water partition coefficient (Wildman–Crippen LogP) is 2.99. The van der Waals surface area contributed by atoms with Crippen molar-refractivity contribution in [3.8, 4) is 0 Å². The number of ketones is 1. The van der Waals surface area contributed by atoms with Gasteiger partial charge in [0.2, 0.25) is 11.6 Å². The molecule has 2 unspecified atom stereocenters. The molecule has 1 aliphatic rings. The molecule has 3 N–H and O–H groups in total. The van der Waals surface area contributed by atoms with E-state index in [1.165, 1.54) is 11.2 Å². The number of carbonyl (C=O) groups excluding carboxylic acids is 3. The Hall–Kier alpha value is -3.76. The van der Waals surface area contributed by atoms with Crippen LogP contribution in [0.25, 0.3) is 0 Å². The first-order valence-corrected chi connectivity index (χ1v) is 12.1. The Morgan fingerprint density at radius 2 is 1.94 bits per heavy atom. The molecule has 1 fully saturated rings. The Morgan fingerprint density at radius 3 is 2.53 bits per heavy atom. The normalized spacial score (nSPS) is 18.3. The molecule has 0 bridgehead atoms. The van der Waals surface area contributed by atoms with Gasteiger partial charge in [0.15, 0.2) is 0 Å². The topological polar surface area (TPSA) is 149 Å². The molecule has 1 saturated heterocycles. The number of amides is 3. The van der Waals surface area contributed by atoms with E-state index in [9.17, 15) is 24.3 Å². The molecule has 0 spiro atoms.